The number of esters is 2. The molecule has 0 aliphatic heterocycles. The van der Waals surface area contributed by atoms with Gasteiger partial charge in [0, 0.05) is 12.1 Å². The second-order valence-corrected chi connectivity index (χ2v) is 4.55. The van der Waals surface area contributed by atoms with Crippen molar-refractivity contribution in [1.29, 1.82) is 0 Å². The standard InChI is InChI=1S/C14H18ClNO4/c1-3-20-13(17)9-8-12(15)16-11-6-4-10(5-7-11)14(18)19-2/h4-7,12,16H,3,8-9H2,1-2H3. The summed E-state index contributed by atoms with van der Waals surface area (Å²) in [5.41, 5.74) is 0.848. The molecule has 0 radical (unpaired) electrons. The molecular weight excluding hydrogens is 282 g/mol. The van der Waals surface area contributed by atoms with E-state index < -0.39 is 0 Å². The highest BCUT2D eigenvalue weighted by atomic mass is 35.5. The monoisotopic (exact) mass is 299 g/mol. The normalized spacial score (nSPS) is 11.6. The first-order valence-electron chi connectivity index (χ1n) is 6.31. The average molecular weight is 300 g/mol. The fourth-order valence-electron chi connectivity index (χ4n) is 1.55. The summed E-state index contributed by atoms with van der Waals surface area (Å²) in [5.74, 6) is -0.651. The number of ether oxygens (including phenoxy) is 2. The molecule has 0 spiro atoms. The van der Waals surface area contributed by atoms with Crippen molar-refractivity contribution in [3.8, 4) is 0 Å². The molecule has 1 N–H and O–H groups in total. The zero-order valence-electron chi connectivity index (χ0n) is 11.5. The van der Waals surface area contributed by atoms with Crippen molar-refractivity contribution in [1.82, 2.24) is 0 Å². The second kappa shape index (κ2) is 8.43. The Morgan fingerprint density at radius 1 is 1.30 bits per heavy atom. The van der Waals surface area contributed by atoms with Gasteiger partial charge in [0.2, 0.25) is 0 Å². The van der Waals surface area contributed by atoms with Gasteiger partial charge in [-0.1, -0.05) is 11.6 Å². The Labute approximate surface area is 123 Å². The SMILES string of the molecule is CCOC(=O)CCC(Cl)Nc1ccc(C(=O)OC)cc1. The predicted molar refractivity (Wildman–Crippen MR) is 76.9 cm³/mol. The van der Waals surface area contributed by atoms with E-state index in [2.05, 4.69) is 10.1 Å². The van der Waals surface area contributed by atoms with Crippen LogP contribution in [0, 0.1) is 0 Å². The van der Waals surface area contributed by atoms with Crippen LogP contribution < -0.4 is 5.32 Å². The molecule has 0 aliphatic carbocycles. The third kappa shape index (κ3) is 5.48. The summed E-state index contributed by atoms with van der Waals surface area (Å²) in [6, 6.07) is 6.74. The minimum Gasteiger partial charge on any atom is -0.466 e. The Morgan fingerprint density at radius 3 is 2.50 bits per heavy atom. The molecule has 0 fully saturated rings. The van der Waals surface area contributed by atoms with Crippen LogP contribution in [0.15, 0.2) is 24.3 Å². The maximum absolute atomic E-state index is 11.3. The van der Waals surface area contributed by atoms with Crippen LogP contribution in [0.4, 0.5) is 5.69 Å². The molecule has 1 atom stereocenters. The van der Waals surface area contributed by atoms with E-state index in [-0.39, 0.29) is 23.9 Å². The van der Waals surface area contributed by atoms with Crippen LogP contribution in [0.2, 0.25) is 0 Å². The van der Waals surface area contributed by atoms with Gasteiger partial charge in [0.1, 0.15) is 5.50 Å². The maximum atomic E-state index is 11.3. The highest BCUT2D eigenvalue weighted by Gasteiger charge is 2.10. The fraction of sp³-hybridized carbons (Fsp3) is 0.429. The van der Waals surface area contributed by atoms with E-state index in [1.165, 1.54) is 7.11 Å². The molecule has 20 heavy (non-hydrogen) atoms. The number of rotatable bonds is 7. The smallest absolute Gasteiger partial charge is 0.337 e. The minimum absolute atomic E-state index is 0.259. The molecule has 0 amide bonds. The van der Waals surface area contributed by atoms with Crippen molar-refractivity contribution in [2.75, 3.05) is 19.0 Å². The van der Waals surface area contributed by atoms with Crippen molar-refractivity contribution in [3.05, 3.63) is 29.8 Å². The molecule has 0 bridgehead atoms. The second-order valence-electron chi connectivity index (χ2n) is 4.02. The van der Waals surface area contributed by atoms with Gasteiger partial charge in [0.15, 0.2) is 0 Å². The van der Waals surface area contributed by atoms with Crippen molar-refractivity contribution in [2.45, 2.75) is 25.3 Å². The van der Waals surface area contributed by atoms with Crippen LogP contribution in [0.3, 0.4) is 0 Å². The Kier molecular flexibility index (Phi) is 6.87. The number of hydrogen-bond donors (Lipinski definition) is 1. The van der Waals surface area contributed by atoms with Crippen molar-refractivity contribution in [3.63, 3.8) is 0 Å². The van der Waals surface area contributed by atoms with E-state index >= 15 is 0 Å². The zero-order chi connectivity index (χ0) is 15.0. The first-order valence-corrected chi connectivity index (χ1v) is 6.75. The Balaban J connectivity index is 2.44. The first kappa shape index (κ1) is 16.3. The molecule has 1 unspecified atom stereocenters. The molecule has 5 nitrogen and oxygen atoms in total. The molecule has 110 valence electrons. The molecule has 0 aliphatic rings. The fourth-order valence-corrected chi connectivity index (χ4v) is 1.79. The lowest BCUT2D eigenvalue weighted by molar-refractivity contribution is -0.143. The molecular formula is C14H18ClNO4. The summed E-state index contributed by atoms with van der Waals surface area (Å²) < 4.78 is 9.43. The topological polar surface area (TPSA) is 64.6 Å². The highest BCUT2D eigenvalue weighted by molar-refractivity contribution is 6.21. The minimum atomic E-state index is -0.388. The summed E-state index contributed by atoms with van der Waals surface area (Å²) in [7, 11) is 1.33. The van der Waals surface area contributed by atoms with Crippen molar-refractivity contribution in [2.24, 2.45) is 0 Å². The predicted octanol–water partition coefficient (Wildman–Crippen LogP) is 2.79. The van der Waals surface area contributed by atoms with E-state index in [1.807, 2.05) is 0 Å². The number of carbonyl (C=O) groups is 2. The van der Waals surface area contributed by atoms with E-state index in [9.17, 15) is 9.59 Å². The van der Waals surface area contributed by atoms with E-state index in [4.69, 9.17) is 16.3 Å². The summed E-state index contributed by atoms with van der Waals surface area (Å²) in [6.45, 7) is 2.13. The summed E-state index contributed by atoms with van der Waals surface area (Å²) in [6.07, 6.45) is 0.717. The Bertz CT molecular complexity index is 447. The quantitative estimate of drug-likeness (QED) is 0.476. The van der Waals surface area contributed by atoms with Crippen LogP contribution in [0.1, 0.15) is 30.1 Å². The van der Waals surface area contributed by atoms with Crippen LogP contribution in [0.5, 0.6) is 0 Å². The largest absolute Gasteiger partial charge is 0.466 e. The number of alkyl halides is 1. The third-order valence-electron chi connectivity index (χ3n) is 2.54. The number of methoxy groups -OCH3 is 1. The number of carbonyl (C=O) groups excluding carboxylic acids is 2. The third-order valence-corrected chi connectivity index (χ3v) is 2.86. The Morgan fingerprint density at radius 2 is 1.95 bits per heavy atom. The van der Waals surface area contributed by atoms with Gasteiger partial charge in [-0.3, -0.25) is 4.79 Å². The van der Waals surface area contributed by atoms with Crippen LogP contribution in [-0.4, -0.2) is 31.2 Å². The van der Waals surface area contributed by atoms with Gasteiger partial charge in [-0.15, -0.1) is 0 Å². The summed E-state index contributed by atoms with van der Waals surface area (Å²) in [4.78, 5) is 22.5. The van der Waals surface area contributed by atoms with Gasteiger partial charge in [-0.25, -0.2) is 4.79 Å². The van der Waals surface area contributed by atoms with Crippen LogP contribution >= 0.6 is 11.6 Å². The van der Waals surface area contributed by atoms with Gasteiger partial charge in [-0.2, -0.15) is 0 Å². The van der Waals surface area contributed by atoms with Gasteiger partial charge >= 0.3 is 11.9 Å². The maximum Gasteiger partial charge on any atom is 0.337 e. The highest BCUT2D eigenvalue weighted by Crippen LogP contribution is 2.15. The van der Waals surface area contributed by atoms with Gasteiger partial charge in [-0.05, 0) is 37.6 Å². The number of benzene rings is 1. The van der Waals surface area contributed by atoms with Gasteiger partial charge < -0.3 is 14.8 Å². The molecule has 0 heterocycles. The lowest BCUT2D eigenvalue weighted by Gasteiger charge is -2.13. The molecule has 0 saturated carbocycles. The molecule has 6 heteroatoms. The molecule has 1 aromatic carbocycles. The summed E-state index contributed by atoms with van der Waals surface area (Å²) >= 11 is 6.08. The number of nitrogens with one attached hydrogen (secondary N) is 1. The van der Waals surface area contributed by atoms with Crippen LogP contribution in [0.25, 0.3) is 0 Å². The van der Waals surface area contributed by atoms with Crippen LogP contribution in [-0.2, 0) is 14.3 Å². The van der Waals surface area contributed by atoms with Crippen molar-refractivity contribution >= 4 is 29.2 Å². The molecule has 0 saturated heterocycles. The molecule has 1 aromatic rings. The number of halogens is 1. The average Bonchev–Trinajstić information content (AvgIpc) is 2.45. The van der Waals surface area contributed by atoms with Gasteiger partial charge in [0.25, 0.3) is 0 Å². The molecule has 0 aromatic heterocycles. The molecule has 1 rings (SSSR count). The number of hydrogen-bond acceptors (Lipinski definition) is 5. The zero-order valence-corrected chi connectivity index (χ0v) is 12.3. The lowest BCUT2D eigenvalue weighted by Crippen LogP contribution is -2.15. The van der Waals surface area contributed by atoms with Crippen molar-refractivity contribution < 1.29 is 19.1 Å². The van der Waals surface area contributed by atoms with E-state index in [0.717, 1.165) is 5.69 Å². The Hall–Kier alpha value is -1.75. The van der Waals surface area contributed by atoms with E-state index in [0.29, 0.717) is 18.6 Å². The first-order chi connectivity index (χ1) is 9.56. The van der Waals surface area contributed by atoms with Gasteiger partial charge in [0.05, 0.1) is 19.3 Å². The summed E-state index contributed by atoms with van der Waals surface area (Å²) in [5, 5.41) is 3.03. The lowest BCUT2D eigenvalue weighted by atomic mass is 10.2. The van der Waals surface area contributed by atoms with E-state index in [1.54, 1.807) is 31.2 Å². The number of anilines is 1.